The Morgan fingerprint density at radius 2 is 1.96 bits per heavy atom. The molecule has 5 rings (SSSR count). The molecule has 45 heavy (non-hydrogen) atoms. The number of likely N-dealkylation sites (tertiary alicyclic amines) is 2. The number of amides is 2. The number of alkyl halides is 3. The quantitative estimate of drug-likeness (QED) is 0.349. The van der Waals surface area contributed by atoms with Gasteiger partial charge in [0.1, 0.15) is 29.3 Å². The normalized spacial score (nSPS) is 21.1. The van der Waals surface area contributed by atoms with E-state index < -0.39 is 35.1 Å². The number of carbonyl (C=O) groups is 2. The Morgan fingerprint density at radius 3 is 2.64 bits per heavy atom. The summed E-state index contributed by atoms with van der Waals surface area (Å²) in [6.07, 6.45) is -2.55. The molecule has 1 aromatic carbocycles. The first-order valence-electron chi connectivity index (χ1n) is 14.7. The molecule has 240 valence electrons. The predicted octanol–water partition coefficient (Wildman–Crippen LogP) is 3.56. The van der Waals surface area contributed by atoms with Gasteiger partial charge in [-0.1, -0.05) is 12.6 Å². The molecule has 0 aliphatic carbocycles. The number of anilines is 3. The average molecular weight is 630 g/mol. The Bertz CT molecular complexity index is 1510. The lowest BCUT2D eigenvalue weighted by Crippen LogP contribution is -2.55. The number of halogens is 4. The van der Waals surface area contributed by atoms with Crippen LogP contribution in [0.5, 0.6) is 0 Å². The molecule has 2 saturated heterocycles. The van der Waals surface area contributed by atoms with Crippen molar-refractivity contribution in [3.05, 3.63) is 59.6 Å². The van der Waals surface area contributed by atoms with Crippen molar-refractivity contribution in [3.8, 4) is 6.07 Å². The van der Waals surface area contributed by atoms with Gasteiger partial charge in [-0.3, -0.25) is 14.5 Å². The van der Waals surface area contributed by atoms with Crippen LogP contribution in [-0.4, -0.2) is 97.7 Å². The molecule has 2 unspecified atom stereocenters. The van der Waals surface area contributed by atoms with Crippen LogP contribution in [0.25, 0.3) is 0 Å². The number of pyridine rings is 1. The molecule has 1 N–H and O–H groups in total. The highest BCUT2D eigenvalue weighted by molar-refractivity contribution is 6.01. The molecule has 2 aromatic rings. The number of nitrogens with zero attached hydrogens (tertiary/aromatic N) is 6. The third kappa shape index (κ3) is 6.89. The maximum absolute atomic E-state index is 15.3. The van der Waals surface area contributed by atoms with Crippen molar-refractivity contribution >= 4 is 29.0 Å². The van der Waals surface area contributed by atoms with Gasteiger partial charge in [0.25, 0.3) is 0 Å². The number of ether oxygens (including phenoxy) is 1. The van der Waals surface area contributed by atoms with Gasteiger partial charge in [0.05, 0.1) is 29.1 Å². The van der Waals surface area contributed by atoms with E-state index in [1.807, 2.05) is 4.90 Å². The summed E-state index contributed by atoms with van der Waals surface area (Å²) in [7, 11) is 1.49. The number of aryl methyl sites for hydroxylation is 1. The highest BCUT2D eigenvalue weighted by atomic mass is 19.4. The standard InChI is InChI=1S/C31H35F4N7O3/c1-4-27(43)42-17-21(18-42)45-20-8-10-40(16-20)12-13-41-11-9-25(30(44)39(3)26-7-5-6-24(32)28(26)41)38-29-22(15-36)23(31(33,34)35)14-19(2)37-29/h4-7,14,20-21,25H,1,8-13,16-18H2,2-3H3,(H,37,38). The minimum absolute atomic E-state index is 0.0108. The van der Waals surface area contributed by atoms with E-state index in [1.165, 1.54) is 37.1 Å². The number of carbonyl (C=O) groups excluding carboxylic acids is 2. The number of para-hydroxylation sites is 1. The van der Waals surface area contributed by atoms with Gasteiger partial charge in [-0.25, -0.2) is 9.37 Å². The van der Waals surface area contributed by atoms with Crippen molar-refractivity contribution in [1.82, 2.24) is 14.8 Å². The zero-order chi connectivity index (χ0) is 32.5. The number of rotatable bonds is 8. The number of hydrogen-bond acceptors (Lipinski definition) is 8. The molecular weight excluding hydrogens is 594 g/mol. The van der Waals surface area contributed by atoms with Crippen LogP contribution in [0.15, 0.2) is 36.9 Å². The number of nitrogens with one attached hydrogen (secondary N) is 1. The summed E-state index contributed by atoms with van der Waals surface area (Å²) in [6.45, 7) is 8.65. The number of aromatic nitrogens is 1. The van der Waals surface area contributed by atoms with E-state index in [0.29, 0.717) is 38.4 Å². The number of nitriles is 1. The van der Waals surface area contributed by atoms with E-state index in [1.54, 1.807) is 17.0 Å². The fourth-order valence-corrected chi connectivity index (χ4v) is 6.08. The predicted molar refractivity (Wildman–Crippen MR) is 159 cm³/mol. The minimum Gasteiger partial charge on any atom is -0.370 e. The van der Waals surface area contributed by atoms with E-state index in [4.69, 9.17) is 4.74 Å². The molecule has 3 aliphatic heterocycles. The van der Waals surface area contributed by atoms with Crippen molar-refractivity contribution < 1.29 is 31.9 Å². The van der Waals surface area contributed by atoms with Gasteiger partial charge in [0.15, 0.2) is 0 Å². The highest BCUT2D eigenvalue weighted by Gasteiger charge is 2.38. The van der Waals surface area contributed by atoms with Gasteiger partial charge in [0.2, 0.25) is 11.8 Å². The fraction of sp³-hybridized carbons (Fsp3) is 0.484. The van der Waals surface area contributed by atoms with Crippen LogP contribution >= 0.6 is 0 Å². The number of fused-ring (bicyclic) bond motifs is 1. The van der Waals surface area contributed by atoms with Gasteiger partial charge in [-0.2, -0.15) is 18.4 Å². The molecule has 1 aromatic heterocycles. The Balaban J connectivity index is 1.30. The maximum atomic E-state index is 15.3. The first-order valence-corrected chi connectivity index (χ1v) is 14.7. The number of benzene rings is 1. The fourth-order valence-electron chi connectivity index (χ4n) is 6.08. The molecule has 2 amide bonds. The van der Waals surface area contributed by atoms with Gasteiger partial charge < -0.3 is 24.8 Å². The van der Waals surface area contributed by atoms with Crippen LogP contribution in [0.2, 0.25) is 0 Å². The topological polar surface area (TPSA) is 105 Å². The van der Waals surface area contributed by atoms with Crippen LogP contribution < -0.4 is 15.1 Å². The monoisotopic (exact) mass is 629 g/mol. The van der Waals surface area contributed by atoms with E-state index in [0.717, 1.165) is 19.0 Å². The summed E-state index contributed by atoms with van der Waals surface area (Å²) < 4.78 is 62.6. The van der Waals surface area contributed by atoms with Crippen LogP contribution in [0.4, 0.5) is 34.8 Å². The van der Waals surface area contributed by atoms with Crippen molar-refractivity contribution in [2.24, 2.45) is 0 Å². The van der Waals surface area contributed by atoms with Crippen LogP contribution in [-0.2, 0) is 20.5 Å². The molecule has 0 spiro atoms. The second-order valence-corrected chi connectivity index (χ2v) is 11.5. The van der Waals surface area contributed by atoms with Crippen molar-refractivity contribution in [2.45, 2.75) is 44.2 Å². The first kappa shape index (κ1) is 32.2. The molecule has 10 nitrogen and oxygen atoms in total. The number of hydrogen-bond donors (Lipinski definition) is 1. The molecule has 2 fully saturated rings. The van der Waals surface area contributed by atoms with Gasteiger partial charge in [0, 0.05) is 58.6 Å². The third-order valence-electron chi connectivity index (χ3n) is 8.47. The molecule has 0 radical (unpaired) electrons. The lowest BCUT2D eigenvalue weighted by molar-refractivity contribution is -0.143. The van der Waals surface area contributed by atoms with Crippen LogP contribution in [0.1, 0.15) is 29.7 Å². The molecule has 14 heteroatoms. The molecule has 0 bridgehead atoms. The van der Waals surface area contributed by atoms with Gasteiger partial charge in [-0.05, 0) is 44.0 Å². The van der Waals surface area contributed by atoms with E-state index in [2.05, 4.69) is 21.8 Å². The zero-order valence-electron chi connectivity index (χ0n) is 25.1. The summed E-state index contributed by atoms with van der Waals surface area (Å²) in [5.41, 5.74) is -1.19. The maximum Gasteiger partial charge on any atom is 0.417 e. The average Bonchev–Trinajstić information content (AvgIpc) is 3.43. The third-order valence-corrected chi connectivity index (χ3v) is 8.47. The Kier molecular flexibility index (Phi) is 9.31. The summed E-state index contributed by atoms with van der Waals surface area (Å²) >= 11 is 0. The lowest BCUT2D eigenvalue weighted by atomic mass is 10.0. The second-order valence-electron chi connectivity index (χ2n) is 11.5. The molecule has 3 aliphatic rings. The highest BCUT2D eigenvalue weighted by Crippen LogP contribution is 2.37. The van der Waals surface area contributed by atoms with Crippen molar-refractivity contribution in [3.63, 3.8) is 0 Å². The largest absolute Gasteiger partial charge is 0.417 e. The summed E-state index contributed by atoms with van der Waals surface area (Å²) in [5, 5.41) is 12.4. The summed E-state index contributed by atoms with van der Waals surface area (Å²) in [5.74, 6) is -1.42. The zero-order valence-corrected chi connectivity index (χ0v) is 25.1. The smallest absolute Gasteiger partial charge is 0.370 e. The van der Waals surface area contributed by atoms with Crippen LogP contribution in [0, 0.1) is 24.1 Å². The lowest BCUT2D eigenvalue weighted by Gasteiger charge is -2.39. The Hall–Kier alpha value is -4.22. The molecule has 0 saturated carbocycles. The van der Waals surface area contributed by atoms with Crippen LogP contribution in [0.3, 0.4) is 0 Å². The van der Waals surface area contributed by atoms with Gasteiger partial charge >= 0.3 is 6.18 Å². The first-order chi connectivity index (χ1) is 21.4. The van der Waals surface area contributed by atoms with Crippen molar-refractivity contribution in [2.75, 3.05) is 68.0 Å². The number of likely N-dealkylation sites (N-methyl/N-ethyl adjacent to an activating group) is 1. The molecular formula is C31H35F4N7O3. The minimum atomic E-state index is -4.79. The molecule has 2 atom stereocenters. The van der Waals surface area contributed by atoms with E-state index >= 15 is 4.39 Å². The van der Waals surface area contributed by atoms with Gasteiger partial charge in [-0.15, -0.1) is 0 Å². The molecule has 4 heterocycles. The summed E-state index contributed by atoms with van der Waals surface area (Å²) in [4.78, 5) is 36.4. The SMILES string of the molecule is C=CC(=O)N1CC(OC2CCN(CCN3CCC(Nc4nc(C)cc(C(F)(F)F)c4C#N)C(=O)N(C)c4cccc(F)c43)C2)C1. The van der Waals surface area contributed by atoms with E-state index in [9.17, 15) is 28.0 Å². The Morgan fingerprint density at radius 1 is 1.20 bits per heavy atom. The van der Waals surface area contributed by atoms with E-state index in [-0.39, 0.29) is 48.3 Å². The Labute approximate surface area is 258 Å². The summed E-state index contributed by atoms with van der Waals surface area (Å²) in [6, 6.07) is 5.81. The van der Waals surface area contributed by atoms with Crippen molar-refractivity contribution in [1.29, 1.82) is 5.26 Å². The second kappa shape index (κ2) is 13.0.